The van der Waals surface area contributed by atoms with Crippen LogP contribution in [0.4, 0.5) is 13.2 Å². The van der Waals surface area contributed by atoms with Crippen molar-refractivity contribution in [1.82, 2.24) is 0 Å². The number of benzene rings is 1. The second kappa shape index (κ2) is 7.94. The minimum Gasteiger partial charge on any atom is -0.494 e. The van der Waals surface area contributed by atoms with Gasteiger partial charge in [0, 0.05) is 10.2 Å². The van der Waals surface area contributed by atoms with Crippen LogP contribution in [0.1, 0.15) is 19.3 Å². The summed E-state index contributed by atoms with van der Waals surface area (Å²) >= 11 is 3.23. The van der Waals surface area contributed by atoms with Crippen LogP contribution in [-0.2, 0) is 0 Å². The highest BCUT2D eigenvalue weighted by Crippen LogP contribution is 2.37. The second-order valence-corrected chi connectivity index (χ2v) is 5.55. The third kappa shape index (κ3) is 7.16. The number of hydrogen-bond acceptors (Lipinski definition) is 2. The molecular formula is C12H14BrF3OS. The molecule has 0 aliphatic rings. The fourth-order valence-corrected chi connectivity index (χ4v) is 2.24. The van der Waals surface area contributed by atoms with Gasteiger partial charge in [0.2, 0.25) is 0 Å². The van der Waals surface area contributed by atoms with Crippen LogP contribution in [0.2, 0.25) is 0 Å². The molecule has 0 aliphatic heterocycles. The van der Waals surface area contributed by atoms with Crippen molar-refractivity contribution in [3.05, 3.63) is 24.3 Å². The maximum absolute atomic E-state index is 12.1. The van der Waals surface area contributed by atoms with Crippen LogP contribution in [0.25, 0.3) is 0 Å². The van der Waals surface area contributed by atoms with Gasteiger partial charge < -0.3 is 4.74 Å². The summed E-state index contributed by atoms with van der Waals surface area (Å²) < 4.78 is 41.7. The molecule has 0 spiro atoms. The molecule has 0 unspecified atom stereocenters. The van der Waals surface area contributed by atoms with Gasteiger partial charge in [0.05, 0.1) is 6.61 Å². The number of hydrogen-bond donors (Lipinski definition) is 0. The second-order valence-electron chi connectivity index (χ2n) is 3.62. The van der Waals surface area contributed by atoms with Gasteiger partial charge in [0.15, 0.2) is 0 Å². The van der Waals surface area contributed by atoms with Gasteiger partial charge in [-0.05, 0) is 55.3 Å². The minimum atomic E-state index is -4.24. The van der Waals surface area contributed by atoms with Gasteiger partial charge in [-0.3, -0.25) is 0 Å². The lowest BCUT2D eigenvalue weighted by molar-refractivity contribution is -0.0328. The molecule has 0 saturated heterocycles. The highest BCUT2D eigenvalue weighted by Gasteiger charge is 2.28. The Morgan fingerprint density at radius 3 is 2.28 bits per heavy atom. The fraction of sp³-hybridized carbons (Fsp3) is 0.500. The smallest absolute Gasteiger partial charge is 0.446 e. The quantitative estimate of drug-likeness (QED) is 0.380. The number of ether oxygens (including phenoxy) is 1. The van der Waals surface area contributed by atoms with Crippen LogP contribution in [0.5, 0.6) is 5.75 Å². The molecule has 1 nitrogen and oxygen atoms in total. The van der Waals surface area contributed by atoms with Crippen LogP contribution in [-0.4, -0.2) is 17.4 Å². The number of rotatable bonds is 7. The Hall–Kier alpha value is -0.360. The van der Waals surface area contributed by atoms with Crippen molar-refractivity contribution < 1.29 is 17.9 Å². The third-order valence-electron chi connectivity index (χ3n) is 2.10. The zero-order valence-electron chi connectivity index (χ0n) is 9.67. The van der Waals surface area contributed by atoms with Crippen molar-refractivity contribution in [2.45, 2.75) is 29.7 Å². The third-order valence-corrected chi connectivity index (χ3v) is 3.40. The number of alkyl halides is 4. The summed E-state index contributed by atoms with van der Waals surface area (Å²) in [5, 5.41) is 0.983. The van der Waals surface area contributed by atoms with Crippen molar-refractivity contribution in [1.29, 1.82) is 0 Å². The summed E-state index contributed by atoms with van der Waals surface area (Å²) in [6, 6.07) is 5.98. The Morgan fingerprint density at radius 1 is 1.06 bits per heavy atom. The zero-order valence-corrected chi connectivity index (χ0v) is 12.1. The molecule has 1 rings (SSSR count). The normalized spacial score (nSPS) is 11.6. The van der Waals surface area contributed by atoms with E-state index in [4.69, 9.17) is 4.74 Å². The fourth-order valence-electron chi connectivity index (χ4n) is 1.30. The van der Waals surface area contributed by atoms with E-state index < -0.39 is 5.51 Å². The van der Waals surface area contributed by atoms with E-state index in [-0.39, 0.29) is 16.7 Å². The van der Waals surface area contributed by atoms with E-state index >= 15 is 0 Å². The molecule has 0 heterocycles. The van der Waals surface area contributed by atoms with E-state index in [1.807, 2.05) is 0 Å². The molecule has 18 heavy (non-hydrogen) atoms. The van der Waals surface area contributed by atoms with Gasteiger partial charge in [-0.15, -0.1) is 0 Å². The van der Waals surface area contributed by atoms with E-state index in [0.29, 0.717) is 12.4 Å². The summed E-state index contributed by atoms with van der Waals surface area (Å²) in [5.41, 5.74) is -4.24. The lowest BCUT2D eigenvalue weighted by Crippen LogP contribution is -1.99. The molecule has 0 N–H and O–H groups in total. The Kier molecular flexibility index (Phi) is 6.92. The van der Waals surface area contributed by atoms with Gasteiger partial charge in [0.25, 0.3) is 0 Å². The first-order valence-electron chi connectivity index (χ1n) is 5.56. The van der Waals surface area contributed by atoms with Crippen molar-refractivity contribution in [2.24, 2.45) is 0 Å². The van der Waals surface area contributed by atoms with Gasteiger partial charge >= 0.3 is 5.51 Å². The molecule has 0 saturated carbocycles. The summed E-state index contributed by atoms with van der Waals surface area (Å²) in [5.74, 6) is 0.611. The molecule has 0 atom stereocenters. The lowest BCUT2D eigenvalue weighted by Gasteiger charge is -2.08. The minimum absolute atomic E-state index is 0.116. The summed E-state index contributed by atoms with van der Waals surface area (Å²) in [7, 11) is 0. The molecule has 0 aliphatic carbocycles. The van der Waals surface area contributed by atoms with Crippen LogP contribution >= 0.6 is 27.7 Å². The van der Waals surface area contributed by atoms with Crippen LogP contribution in [0.3, 0.4) is 0 Å². The molecule has 1 aromatic rings. The van der Waals surface area contributed by atoms with Gasteiger partial charge in [-0.1, -0.05) is 15.9 Å². The average Bonchev–Trinajstić information content (AvgIpc) is 2.29. The van der Waals surface area contributed by atoms with Crippen molar-refractivity contribution >= 4 is 27.7 Å². The number of halogens is 4. The first kappa shape index (κ1) is 15.7. The average molecular weight is 343 g/mol. The first-order chi connectivity index (χ1) is 8.51. The summed E-state index contributed by atoms with van der Waals surface area (Å²) in [6.45, 7) is 0.596. The molecule has 0 radical (unpaired) electrons. The Balaban J connectivity index is 2.32. The maximum Gasteiger partial charge on any atom is 0.446 e. The summed E-state index contributed by atoms with van der Waals surface area (Å²) in [6.07, 6.45) is 3.13. The van der Waals surface area contributed by atoms with E-state index in [1.165, 1.54) is 12.1 Å². The van der Waals surface area contributed by atoms with Crippen molar-refractivity contribution in [2.75, 3.05) is 11.9 Å². The van der Waals surface area contributed by atoms with Crippen LogP contribution in [0, 0.1) is 0 Å². The zero-order chi connectivity index (χ0) is 13.4. The number of thioether (sulfide) groups is 1. The van der Waals surface area contributed by atoms with E-state index in [9.17, 15) is 13.2 Å². The van der Waals surface area contributed by atoms with Crippen LogP contribution < -0.4 is 4.74 Å². The first-order valence-corrected chi connectivity index (χ1v) is 7.49. The monoisotopic (exact) mass is 342 g/mol. The van der Waals surface area contributed by atoms with Crippen molar-refractivity contribution in [3.8, 4) is 5.75 Å². The van der Waals surface area contributed by atoms with Crippen LogP contribution in [0.15, 0.2) is 29.2 Å². The molecule has 102 valence electrons. The SMILES string of the molecule is FC(F)(F)Sc1ccc(OCCCCCBr)cc1. The van der Waals surface area contributed by atoms with E-state index in [1.54, 1.807) is 12.1 Å². The molecule has 1 aromatic carbocycles. The van der Waals surface area contributed by atoms with Crippen molar-refractivity contribution in [3.63, 3.8) is 0 Å². The Labute approximate surface area is 117 Å². The molecule has 0 fully saturated rings. The number of unbranched alkanes of at least 4 members (excludes halogenated alkanes) is 2. The predicted molar refractivity (Wildman–Crippen MR) is 71.5 cm³/mol. The Morgan fingerprint density at radius 2 is 1.72 bits per heavy atom. The van der Waals surface area contributed by atoms with Gasteiger partial charge in [0.1, 0.15) is 5.75 Å². The highest BCUT2D eigenvalue weighted by atomic mass is 79.9. The Bertz CT molecular complexity index is 340. The van der Waals surface area contributed by atoms with E-state index in [0.717, 1.165) is 24.6 Å². The molecular weight excluding hydrogens is 329 g/mol. The molecule has 0 aromatic heterocycles. The molecule has 0 bridgehead atoms. The maximum atomic E-state index is 12.1. The summed E-state index contributed by atoms with van der Waals surface area (Å²) in [4.78, 5) is 0.175. The molecule has 6 heteroatoms. The van der Waals surface area contributed by atoms with Gasteiger partial charge in [-0.2, -0.15) is 13.2 Å². The topological polar surface area (TPSA) is 9.23 Å². The highest BCUT2D eigenvalue weighted by molar-refractivity contribution is 9.09. The lowest BCUT2D eigenvalue weighted by atomic mass is 10.3. The predicted octanol–water partition coefficient (Wildman–Crippen LogP) is 5.24. The largest absolute Gasteiger partial charge is 0.494 e. The van der Waals surface area contributed by atoms with Gasteiger partial charge in [-0.25, -0.2) is 0 Å². The van der Waals surface area contributed by atoms with E-state index in [2.05, 4.69) is 15.9 Å². The standard InChI is InChI=1S/C12H14BrF3OS/c13-8-2-1-3-9-17-10-4-6-11(7-5-10)18-12(14,15)16/h4-7H,1-3,8-9H2. The molecule has 0 amide bonds.